The van der Waals surface area contributed by atoms with Gasteiger partial charge in [-0.1, -0.05) is 18.2 Å². The van der Waals surface area contributed by atoms with Crippen molar-refractivity contribution in [2.45, 2.75) is 39.7 Å². The molecular formula is C19H21N3OS. The largest absolute Gasteiger partial charge is 0.359 e. The maximum absolute atomic E-state index is 12.6. The predicted octanol–water partition coefficient (Wildman–Crippen LogP) is 4.02. The van der Waals surface area contributed by atoms with E-state index in [0.717, 1.165) is 29.0 Å². The third-order valence-corrected chi connectivity index (χ3v) is 5.85. The first-order chi connectivity index (χ1) is 11.5. The number of para-hydroxylation sites is 1. The molecule has 1 unspecified atom stereocenters. The lowest BCUT2D eigenvalue weighted by Crippen LogP contribution is -2.42. The second-order valence-corrected chi connectivity index (χ2v) is 7.52. The van der Waals surface area contributed by atoms with Crippen LogP contribution in [0.3, 0.4) is 0 Å². The maximum Gasteiger partial charge on any atom is 0.244 e. The van der Waals surface area contributed by atoms with Crippen LogP contribution in [0.25, 0.3) is 0 Å². The lowest BCUT2D eigenvalue weighted by Gasteiger charge is -2.36. The summed E-state index contributed by atoms with van der Waals surface area (Å²) in [5.41, 5.74) is 3.97. The average molecular weight is 339 g/mol. The number of aryl methyl sites for hydroxylation is 2. The standard InChI is InChI=1S/C19H21N3OS/c1-12-8-9-15-6-4-5-7-17(15)22(12)11-18(23)21-19-16(10-20)13(2)14(3)24-19/h4-7,12H,8-9,11H2,1-3H3,(H,21,23). The SMILES string of the molecule is Cc1sc(NC(=O)CN2c3ccccc3CCC2C)c(C#N)c1C. The third kappa shape index (κ3) is 3.02. The van der Waals surface area contributed by atoms with Gasteiger partial charge in [0.1, 0.15) is 11.1 Å². The Morgan fingerprint density at radius 2 is 2.17 bits per heavy atom. The van der Waals surface area contributed by atoms with Crippen LogP contribution in [0.4, 0.5) is 10.7 Å². The lowest BCUT2D eigenvalue weighted by molar-refractivity contribution is -0.115. The Morgan fingerprint density at radius 3 is 2.92 bits per heavy atom. The molecule has 1 aromatic heterocycles. The van der Waals surface area contributed by atoms with Crippen LogP contribution in [0, 0.1) is 25.2 Å². The summed E-state index contributed by atoms with van der Waals surface area (Å²) in [6.45, 7) is 6.35. The number of rotatable bonds is 3. The minimum atomic E-state index is -0.0729. The molecule has 2 heterocycles. The number of carbonyl (C=O) groups excluding carboxylic acids is 1. The fourth-order valence-corrected chi connectivity index (χ4v) is 4.20. The van der Waals surface area contributed by atoms with Crippen molar-refractivity contribution in [3.8, 4) is 6.07 Å². The zero-order chi connectivity index (χ0) is 17.3. The summed E-state index contributed by atoms with van der Waals surface area (Å²) in [6, 6.07) is 10.8. The van der Waals surface area contributed by atoms with Crippen LogP contribution < -0.4 is 10.2 Å². The van der Waals surface area contributed by atoms with E-state index in [9.17, 15) is 10.1 Å². The summed E-state index contributed by atoms with van der Waals surface area (Å²) >= 11 is 1.47. The van der Waals surface area contributed by atoms with Gasteiger partial charge in [0.05, 0.1) is 12.1 Å². The molecule has 0 aliphatic carbocycles. The van der Waals surface area contributed by atoms with E-state index in [4.69, 9.17) is 0 Å². The second kappa shape index (κ2) is 6.66. The van der Waals surface area contributed by atoms with Gasteiger partial charge < -0.3 is 10.2 Å². The van der Waals surface area contributed by atoms with Crippen molar-refractivity contribution >= 4 is 27.9 Å². The molecular weight excluding hydrogens is 318 g/mol. The van der Waals surface area contributed by atoms with Gasteiger partial charge in [0.15, 0.2) is 0 Å². The van der Waals surface area contributed by atoms with E-state index in [2.05, 4.69) is 35.3 Å². The number of hydrogen-bond donors (Lipinski definition) is 1. The molecule has 1 aliphatic rings. The molecule has 1 amide bonds. The Kier molecular flexibility index (Phi) is 4.59. The molecule has 124 valence electrons. The highest BCUT2D eigenvalue weighted by Gasteiger charge is 2.25. The van der Waals surface area contributed by atoms with E-state index < -0.39 is 0 Å². The molecule has 0 radical (unpaired) electrons. The predicted molar refractivity (Wildman–Crippen MR) is 98.7 cm³/mol. The molecule has 24 heavy (non-hydrogen) atoms. The number of anilines is 2. The van der Waals surface area contributed by atoms with Gasteiger partial charge in [-0.05, 0) is 50.8 Å². The first kappa shape index (κ1) is 16.5. The molecule has 2 aromatic rings. The van der Waals surface area contributed by atoms with E-state index in [1.807, 2.05) is 26.0 Å². The molecule has 0 saturated heterocycles. The van der Waals surface area contributed by atoms with Crippen LogP contribution in [0.15, 0.2) is 24.3 Å². The van der Waals surface area contributed by atoms with E-state index in [0.29, 0.717) is 23.2 Å². The highest BCUT2D eigenvalue weighted by Crippen LogP contribution is 2.33. The van der Waals surface area contributed by atoms with Crippen molar-refractivity contribution < 1.29 is 4.79 Å². The number of benzene rings is 1. The van der Waals surface area contributed by atoms with Gasteiger partial charge in [-0.15, -0.1) is 11.3 Å². The molecule has 0 bridgehead atoms. The Bertz CT molecular complexity index is 819. The fourth-order valence-electron chi connectivity index (χ4n) is 3.17. The Balaban J connectivity index is 1.79. The summed E-state index contributed by atoms with van der Waals surface area (Å²) in [5.74, 6) is -0.0729. The number of nitrogens with one attached hydrogen (secondary N) is 1. The summed E-state index contributed by atoms with van der Waals surface area (Å²) in [4.78, 5) is 15.8. The van der Waals surface area contributed by atoms with E-state index in [1.165, 1.54) is 16.9 Å². The number of fused-ring (bicyclic) bond motifs is 1. The van der Waals surface area contributed by atoms with Crippen LogP contribution in [0.1, 0.15) is 34.9 Å². The lowest BCUT2D eigenvalue weighted by atomic mass is 9.96. The fraction of sp³-hybridized carbons (Fsp3) is 0.368. The van der Waals surface area contributed by atoms with Crippen molar-refractivity contribution in [1.82, 2.24) is 0 Å². The molecule has 0 saturated carbocycles. The first-order valence-electron chi connectivity index (χ1n) is 8.15. The molecule has 1 atom stereocenters. The number of thiophene rings is 1. The molecule has 0 fully saturated rings. The van der Waals surface area contributed by atoms with Crippen LogP contribution in [-0.2, 0) is 11.2 Å². The zero-order valence-electron chi connectivity index (χ0n) is 14.2. The normalized spacial score (nSPS) is 16.4. The summed E-state index contributed by atoms with van der Waals surface area (Å²) < 4.78 is 0. The van der Waals surface area contributed by atoms with Gasteiger partial charge in [-0.3, -0.25) is 4.79 Å². The molecule has 0 spiro atoms. The van der Waals surface area contributed by atoms with Crippen LogP contribution in [0.5, 0.6) is 0 Å². The number of carbonyl (C=O) groups is 1. The summed E-state index contributed by atoms with van der Waals surface area (Å²) in [5, 5.41) is 12.9. The van der Waals surface area contributed by atoms with Gasteiger partial charge in [-0.2, -0.15) is 5.26 Å². The highest BCUT2D eigenvalue weighted by atomic mass is 32.1. The van der Waals surface area contributed by atoms with Crippen molar-refractivity contribution in [2.24, 2.45) is 0 Å². The summed E-state index contributed by atoms with van der Waals surface area (Å²) in [7, 11) is 0. The highest BCUT2D eigenvalue weighted by molar-refractivity contribution is 7.16. The van der Waals surface area contributed by atoms with Crippen molar-refractivity contribution in [3.05, 3.63) is 45.8 Å². The van der Waals surface area contributed by atoms with Gasteiger partial charge in [-0.25, -0.2) is 0 Å². The van der Waals surface area contributed by atoms with Gasteiger partial charge in [0, 0.05) is 16.6 Å². The maximum atomic E-state index is 12.6. The quantitative estimate of drug-likeness (QED) is 0.919. The average Bonchev–Trinajstić information content (AvgIpc) is 2.83. The van der Waals surface area contributed by atoms with Crippen molar-refractivity contribution in [1.29, 1.82) is 5.26 Å². The topological polar surface area (TPSA) is 56.1 Å². The Hall–Kier alpha value is -2.32. The van der Waals surface area contributed by atoms with E-state index in [-0.39, 0.29) is 5.91 Å². The smallest absolute Gasteiger partial charge is 0.244 e. The molecule has 1 N–H and O–H groups in total. The number of amides is 1. The molecule has 4 nitrogen and oxygen atoms in total. The van der Waals surface area contributed by atoms with Crippen molar-refractivity contribution in [3.63, 3.8) is 0 Å². The first-order valence-corrected chi connectivity index (χ1v) is 8.97. The number of nitrogens with zero attached hydrogens (tertiary/aromatic N) is 2. The minimum Gasteiger partial charge on any atom is -0.359 e. The number of hydrogen-bond acceptors (Lipinski definition) is 4. The minimum absolute atomic E-state index is 0.0729. The molecule has 5 heteroatoms. The summed E-state index contributed by atoms with van der Waals surface area (Å²) in [6.07, 6.45) is 2.10. The zero-order valence-corrected chi connectivity index (χ0v) is 15.0. The molecule has 3 rings (SSSR count). The van der Waals surface area contributed by atoms with Gasteiger partial charge in [0.2, 0.25) is 5.91 Å². The van der Waals surface area contributed by atoms with Crippen LogP contribution in [0.2, 0.25) is 0 Å². The number of nitriles is 1. The molecule has 1 aromatic carbocycles. The van der Waals surface area contributed by atoms with Gasteiger partial charge in [0.25, 0.3) is 0 Å². The van der Waals surface area contributed by atoms with Crippen molar-refractivity contribution in [2.75, 3.05) is 16.8 Å². The van der Waals surface area contributed by atoms with E-state index >= 15 is 0 Å². The Morgan fingerprint density at radius 1 is 1.42 bits per heavy atom. The van der Waals surface area contributed by atoms with Gasteiger partial charge >= 0.3 is 0 Å². The molecule has 1 aliphatic heterocycles. The Labute approximate surface area is 146 Å². The van der Waals surface area contributed by atoms with Crippen LogP contribution in [-0.4, -0.2) is 18.5 Å². The van der Waals surface area contributed by atoms with E-state index in [1.54, 1.807) is 0 Å². The van der Waals surface area contributed by atoms with Crippen LogP contribution >= 0.6 is 11.3 Å². The second-order valence-electron chi connectivity index (χ2n) is 6.29. The monoisotopic (exact) mass is 339 g/mol. The third-order valence-electron chi connectivity index (χ3n) is 4.73.